The maximum Gasteiger partial charge on any atom is 0.247 e. The van der Waals surface area contributed by atoms with E-state index in [0.717, 1.165) is 18.5 Å². The van der Waals surface area contributed by atoms with Gasteiger partial charge in [-0.1, -0.05) is 13.8 Å². The van der Waals surface area contributed by atoms with E-state index in [4.69, 9.17) is 5.73 Å². The number of rotatable bonds is 5. The highest BCUT2D eigenvalue weighted by Gasteiger charge is 2.38. The molecule has 0 aromatic carbocycles. The lowest BCUT2D eigenvalue weighted by Crippen LogP contribution is -2.40. The number of nitrogens with zero attached hydrogens (tertiary/aromatic N) is 3. The Labute approximate surface area is 121 Å². The Balaban J connectivity index is 2.54. The maximum absolute atomic E-state index is 13.0. The van der Waals surface area contributed by atoms with Crippen LogP contribution in [-0.4, -0.2) is 41.6 Å². The minimum absolute atomic E-state index is 0.0744. The standard InChI is InChI=1S/C13H24N4O2S/c1-4-11-13(12(5-2)16(3)15-11)20(18,19)17-8-6-7-10(17)9-14/h10H,4-9,14H2,1-3H3/t10-/m1/s1. The molecule has 0 bridgehead atoms. The van der Waals surface area contributed by atoms with Crippen molar-refractivity contribution in [1.29, 1.82) is 0 Å². The monoisotopic (exact) mass is 300 g/mol. The summed E-state index contributed by atoms with van der Waals surface area (Å²) in [5.41, 5.74) is 7.16. The third-order valence-corrected chi connectivity index (χ3v) is 6.10. The molecule has 1 aromatic heterocycles. The van der Waals surface area contributed by atoms with Crippen molar-refractivity contribution in [2.75, 3.05) is 13.1 Å². The fraction of sp³-hybridized carbons (Fsp3) is 0.769. The first-order chi connectivity index (χ1) is 9.47. The highest BCUT2D eigenvalue weighted by molar-refractivity contribution is 7.89. The van der Waals surface area contributed by atoms with Gasteiger partial charge in [0.25, 0.3) is 0 Å². The summed E-state index contributed by atoms with van der Waals surface area (Å²) in [6, 6.07) is -0.0744. The van der Waals surface area contributed by atoms with E-state index in [2.05, 4.69) is 5.10 Å². The molecule has 1 aromatic rings. The van der Waals surface area contributed by atoms with E-state index >= 15 is 0 Å². The molecular weight excluding hydrogens is 276 g/mol. The number of aromatic nitrogens is 2. The number of nitrogens with two attached hydrogens (primary N) is 1. The summed E-state index contributed by atoms with van der Waals surface area (Å²) in [5, 5.41) is 4.37. The van der Waals surface area contributed by atoms with Crippen LogP contribution in [0.4, 0.5) is 0 Å². The van der Waals surface area contributed by atoms with Crippen molar-refractivity contribution in [2.24, 2.45) is 12.8 Å². The zero-order valence-corrected chi connectivity index (χ0v) is 13.3. The summed E-state index contributed by atoms with van der Waals surface area (Å²) in [6.45, 7) is 4.83. The van der Waals surface area contributed by atoms with E-state index in [9.17, 15) is 8.42 Å². The topological polar surface area (TPSA) is 81.2 Å². The molecule has 0 aliphatic carbocycles. The Bertz CT molecular complexity index is 579. The van der Waals surface area contributed by atoms with Crippen LogP contribution in [-0.2, 0) is 29.9 Å². The second kappa shape index (κ2) is 5.83. The molecule has 0 unspecified atom stereocenters. The zero-order chi connectivity index (χ0) is 14.9. The molecule has 0 spiro atoms. The summed E-state index contributed by atoms with van der Waals surface area (Å²) in [7, 11) is -1.69. The lowest BCUT2D eigenvalue weighted by atomic mass is 10.2. The summed E-state index contributed by atoms with van der Waals surface area (Å²) in [4.78, 5) is 0.408. The third kappa shape index (κ3) is 2.38. The molecule has 6 nitrogen and oxygen atoms in total. The molecule has 0 saturated carbocycles. The molecule has 1 saturated heterocycles. The fourth-order valence-corrected chi connectivity index (χ4v) is 5.24. The van der Waals surface area contributed by atoms with Crippen molar-refractivity contribution in [3.05, 3.63) is 11.4 Å². The zero-order valence-electron chi connectivity index (χ0n) is 12.5. The molecule has 2 heterocycles. The number of aryl methyl sites for hydroxylation is 2. The van der Waals surface area contributed by atoms with Crippen molar-refractivity contribution < 1.29 is 8.42 Å². The van der Waals surface area contributed by atoms with Gasteiger partial charge in [-0.15, -0.1) is 0 Å². The molecule has 1 aliphatic heterocycles. The third-order valence-electron chi connectivity index (χ3n) is 4.02. The Morgan fingerprint density at radius 3 is 2.60 bits per heavy atom. The Morgan fingerprint density at radius 2 is 2.05 bits per heavy atom. The normalized spacial score (nSPS) is 20.7. The van der Waals surface area contributed by atoms with E-state index < -0.39 is 10.0 Å². The van der Waals surface area contributed by atoms with Gasteiger partial charge in [0, 0.05) is 26.2 Å². The second-order valence-electron chi connectivity index (χ2n) is 5.20. The van der Waals surface area contributed by atoms with Crippen LogP contribution in [0.15, 0.2) is 4.90 Å². The van der Waals surface area contributed by atoms with Crippen LogP contribution in [0.2, 0.25) is 0 Å². The molecule has 2 N–H and O–H groups in total. The SMILES string of the molecule is CCc1nn(C)c(CC)c1S(=O)(=O)N1CCC[C@@H]1CN. The van der Waals surface area contributed by atoms with Crippen molar-refractivity contribution in [3.8, 4) is 0 Å². The number of hydrogen-bond acceptors (Lipinski definition) is 4. The highest BCUT2D eigenvalue weighted by Crippen LogP contribution is 2.30. The van der Waals surface area contributed by atoms with E-state index in [-0.39, 0.29) is 6.04 Å². The van der Waals surface area contributed by atoms with Crippen molar-refractivity contribution in [2.45, 2.75) is 50.5 Å². The van der Waals surface area contributed by atoms with Gasteiger partial charge < -0.3 is 5.73 Å². The van der Waals surface area contributed by atoms with Crippen LogP contribution >= 0.6 is 0 Å². The van der Waals surface area contributed by atoms with Crippen molar-refractivity contribution >= 4 is 10.0 Å². The minimum atomic E-state index is -3.49. The molecule has 0 amide bonds. The van der Waals surface area contributed by atoms with Gasteiger partial charge in [-0.25, -0.2) is 8.42 Å². The van der Waals surface area contributed by atoms with Crippen LogP contribution in [0.25, 0.3) is 0 Å². The van der Waals surface area contributed by atoms with Gasteiger partial charge in [-0.05, 0) is 25.7 Å². The van der Waals surface area contributed by atoms with Gasteiger partial charge in [-0.3, -0.25) is 4.68 Å². The molecule has 20 heavy (non-hydrogen) atoms. The summed E-state index contributed by atoms with van der Waals surface area (Å²) < 4.78 is 29.3. The smallest absolute Gasteiger partial charge is 0.247 e. The molecule has 1 fully saturated rings. The largest absolute Gasteiger partial charge is 0.329 e. The molecule has 1 atom stereocenters. The van der Waals surface area contributed by atoms with Crippen LogP contribution in [0, 0.1) is 0 Å². The Kier molecular flexibility index (Phi) is 4.51. The predicted octanol–water partition coefficient (Wildman–Crippen LogP) is 0.657. The van der Waals surface area contributed by atoms with E-state index in [1.54, 1.807) is 16.0 Å². The molecule has 1 aliphatic rings. The summed E-state index contributed by atoms with van der Waals surface area (Å²) >= 11 is 0. The summed E-state index contributed by atoms with van der Waals surface area (Å²) in [6.07, 6.45) is 2.99. The molecule has 114 valence electrons. The van der Waals surface area contributed by atoms with Gasteiger partial charge in [0.15, 0.2) is 0 Å². The molecule has 2 rings (SSSR count). The second-order valence-corrected chi connectivity index (χ2v) is 7.03. The van der Waals surface area contributed by atoms with Gasteiger partial charge in [-0.2, -0.15) is 9.40 Å². The van der Waals surface area contributed by atoms with Crippen molar-refractivity contribution in [3.63, 3.8) is 0 Å². The Hall–Kier alpha value is -0.920. The van der Waals surface area contributed by atoms with Crippen LogP contribution in [0.1, 0.15) is 38.1 Å². The van der Waals surface area contributed by atoms with Gasteiger partial charge in [0.2, 0.25) is 10.0 Å². The van der Waals surface area contributed by atoms with E-state index in [1.165, 1.54) is 0 Å². The van der Waals surface area contributed by atoms with Gasteiger partial charge in [0.05, 0.1) is 11.4 Å². The van der Waals surface area contributed by atoms with Crippen LogP contribution in [0.5, 0.6) is 0 Å². The predicted molar refractivity (Wildman–Crippen MR) is 77.9 cm³/mol. The fourth-order valence-electron chi connectivity index (χ4n) is 3.00. The first-order valence-corrected chi connectivity index (χ1v) is 8.68. The van der Waals surface area contributed by atoms with Crippen LogP contribution in [0.3, 0.4) is 0 Å². The Morgan fingerprint density at radius 1 is 1.35 bits per heavy atom. The highest BCUT2D eigenvalue weighted by atomic mass is 32.2. The quantitative estimate of drug-likeness (QED) is 0.866. The van der Waals surface area contributed by atoms with Gasteiger partial charge in [0.1, 0.15) is 4.90 Å². The van der Waals surface area contributed by atoms with E-state index in [1.807, 2.05) is 13.8 Å². The van der Waals surface area contributed by atoms with Gasteiger partial charge >= 0.3 is 0 Å². The van der Waals surface area contributed by atoms with Crippen molar-refractivity contribution in [1.82, 2.24) is 14.1 Å². The minimum Gasteiger partial charge on any atom is -0.329 e. The number of hydrogen-bond donors (Lipinski definition) is 1. The molecular formula is C13H24N4O2S. The lowest BCUT2D eigenvalue weighted by molar-refractivity contribution is 0.392. The maximum atomic E-state index is 13.0. The number of sulfonamides is 1. The van der Waals surface area contributed by atoms with E-state index in [0.29, 0.717) is 36.5 Å². The average molecular weight is 300 g/mol. The average Bonchev–Trinajstić information content (AvgIpc) is 3.02. The summed E-state index contributed by atoms with van der Waals surface area (Å²) in [5.74, 6) is 0. The lowest BCUT2D eigenvalue weighted by Gasteiger charge is -2.23. The van der Waals surface area contributed by atoms with Crippen LogP contribution < -0.4 is 5.73 Å². The first-order valence-electron chi connectivity index (χ1n) is 7.23. The first kappa shape index (κ1) is 15.5. The molecule has 7 heteroatoms. The molecule has 0 radical (unpaired) electrons.